The standard InChI is InChI=1S/C20H29NO6/c1-24-12-9-21-20(23)18-13-16(15-5-7-17(25-2)8-6-15)14-19(27-18)26-11-4-3-10-22/h5-8,13,16,19,22H,3-4,9-12,14H2,1-2H3,(H,21,23)/t16-,19+/m0/s1. The van der Waals surface area contributed by atoms with Crippen molar-refractivity contribution in [2.75, 3.05) is 40.6 Å². The number of nitrogens with one attached hydrogen (secondary N) is 1. The van der Waals surface area contributed by atoms with Crippen LogP contribution in [0.3, 0.4) is 0 Å². The molecule has 7 heteroatoms. The van der Waals surface area contributed by atoms with Gasteiger partial charge in [-0.15, -0.1) is 0 Å². The van der Waals surface area contributed by atoms with Gasteiger partial charge in [0.1, 0.15) is 5.75 Å². The van der Waals surface area contributed by atoms with Crippen LogP contribution in [0.25, 0.3) is 0 Å². The van der Waals surface area contributed by atoms with Crippen molar-refractivity contribution < 1.29 is 28.8 Å². The molecule has 1 heterocycles. The second-order valence-corrected chi connectivity index (χ2v) is 6.24. The Morgan fingerprint density at radius 2 is 2.00 bits per heavy atom. The van der Waals surface area contributed by atoms with Gasteiger partial charge >= 0.3 is 0 Å². The fourth-order valence-electron chi connectivity index (χ4n) is 2.78. The third-order valence-electron chi connectivity index (χ3n) is 4.27. The highest BCUT2D eigenvalue weighted by Crippen LogP contribution is 2.32. The number of rotatable bonds is 11. The van der Waals surface area contributed by atoms with E-state index < -0.39 is 6.29 Å². The van der Waals surface area contributed by atoms with Crippen molar-refractivity contribution in [1.82, 2.24) is 5.32 Å². The Hall–Kier alpha value is -2.09. The number of aliphatic hydroxyl groups excluding tert-OH is 1. The van der Waals surface area contributed by atoms with E-state index in [9.17, 15) is 4.79 Å². The van der Waals surface area contributed by atoms with Gasteiger partial charge in [0.25, 0.3) is 5.91 Å². The van der Waals surface area contributed by atoms with Crippen molar-refractivity contribution in [1.29, 1.82) is 0 Å². The molecule has 0 saturated carbocycles. The topological polar surface area (TPSA) is 86.3 Å². The molecule has 2 atom stereocenters. The number of carbonyl (C=O) groups excluding carboxylic acids is 1. The number of hydrogen-bond acceptors (Lipinski definition) is 6. The zero-order valence-corrected chi connectivity index (χ0v) is 16.0. The van der Waals surface area contributed by atoms with Gasteiger partial charge in [0.2, 0.25) is 6.29 Å². The number of hydrogen-bond donors (Lipinski definition) is 2. The SMILES string of the molecule is COCCNC(=O)C1=C[C@H](c2ccc(OC)cc2)C[C@H](OCCCCO)O1. The van der Waals surface area contributed by atoms with Gasteiger partial charge in [-0.1, -0.05) is 12.1 Å². The lowest BCUT2D eigenvalue weighted by Gasteiger charge is -2.29. The molecule has 7 nitrogen and oxygen atoms in total. The smallest absolute Gasteiger partial charge is 0.286 e. The third-order valence-corrected chi connectivity index (χ3v) is 4.27. The van der Waals surface area contributed by atoms with Crippen LogP contribution in [0, 0.1) is 0 Å². The molecular formula is C20H29NO6. The Bertz CT molecular complexity index is 601. The molecule has 0 unspecified atom stereocenters. The normalized spacial score (nSPS) is 19.1. The molecule has 0 aromatic heterocycles. The number of amides is 1. The van der Waals surface area contributed by atoms with E-state index >= 15 is 0 Å². The first kappa shape index (κ1) is 21.2. The van der Waals surface area contributed by atoms with E-state index in [-0.39, 0.29) is 24.2 Å². The minimum Gasteiger partial charge on any atom is -0.497 e. The maximum absolute atomic E-state index is 12.4. The van der Waals surface area contributed by atoms with Gasteiger partial charge in [-0.3, -0.25) is 4.79 Å². The van der Waals surface area contributed by atoms with Crippen LogP contribution in [0.1, 0.15) is 30.7 Å². The van der Waals surface area contributed by atoms with Crippen LogP contribution in [-0.4, -0.2) is 57.9 Å². The van der Waals surface area contributed by atoms with Gasteiger partial charge in [-0.05, 0) is 36.6 Å². The Morgan fingerprint density at radius 3 is 2.67 bits per heavy atom. The second-order valence-electron chi connectivity index (χ2n) is 6.24. The van der Waals surface area contributed by atoms with Crippen LogP contribution in [-0.2, 0) is 19.0 Å². The average molecular weight is 379 g/mol. The number of allylic oxidation sites excluding steroid dienone is 1. The van der Waals surface area contributed by atoms with E-state index in [0.29, 0.717) is 32.6 Å². The molecule has 0 fully saturated rings. The van der Waals surface area contributed by atoms with E-state index in [4.69, 9.17) is 24.1 Å². The molecule has 1 aliphatic rings. The summed E-state index contributed by atoms with van der Waals surface area (Å²) in [5.74, 6) is 0.749. The monoisotopic (exact) mass is 379 g/mol. The van der Waals surface area contributed by atoms with Gasteiger partial charge < -0.3 is 29.4 Å². The van der Waals surface area contributed by atoms with Crippen LogP contribution in [0.15, 0.2) is 36.1 Å². The van der Waals surface area contributed by atoms with Crippen molar-refractivity contribution in [3.63, 3.8) is 0 Å². The van der Waals surface area contributed by atoms with Gasteiger partial charge in [0, 0.05) is 32.6 Å². The summed E-state index contributed by atoms with van der Waals surface area (Å²) in [7, 11) is 3.21. The average Bonchev–Trinajstić information content (AvgIpc) is 2.71. The molecule has 0 radical (unpaired) electrons. The number of carbonyl (C=O) groups is 1. The molecule has 1 aromatic rings. The summed E-state index contributed by atoms with van der Waals surface area (Å²) in [5, 5.41) is 11.7. The van der Waals surface area contributed by atoms with E-state index in [1.807, 2.05) is 30.3 Å². The number of unbranched alkanes of at least 4 members (excludes halogenated alkanes) is 1. The van der Waals surface area contributed by atoms with E-state index in [1.54, 1.807) is 14.2 Å². The van der Waals surface area contributed by atoms with Gasteiger partial charge in [0.05, 0.1) is 20.3 Å². The molecule has 0 spiro atoms. The lowest BCUT2D eigenvalue weighted by Crippen LogP contribution is -2.34. The summed E-state index contributed by atoms with van der Waals surface area (Å²) >= 11 is 0. The Kier molecular flexibility index (Phi) is 9.10. The maximum atomic E-state index is 12.4. The molecule has 0 aliphatic carbocycles. The third kappa shape index (κ3) is 6.86. The van der Waals surface area contributed by atoms with Crippen LogP contribution < -0.4 is 10.1 Å². The number of ether oxygens (including phenoxy) is 4. The first-order valence-electron chi connectivity index (χ1n) is 9.20. The van der Waals surface area contributed by atoms with Crippen molar-refractivity contribution in [3.8, 4) is 5.75 Å². The van der Waals surface area contributed by atoms with Crippen molar-refractivity contribution in [2.24, 2.45) is 0 Å². The summed E-state index contributed by atoms with van der Waals surface area (Å²) in [5.41, 5.74) is 1.06. The number of aliphatic hydroxyl groups is 1. The Morgan fingerprint density at radius 1 is 1.22 bits per heavy atom. The summed E-state index contributed by atoms with van der Waals surface area (Å²) in [4.78, 5) is 12.4. The van der Waals surface area contributed by atoms with E-state index in [1.165, 1.54) is 0 Å². The zero-order chi connectivity index (χ0) is 19.5. The zero-order valence-electron chi connectivity index (χ0n) is 16.0. The summed E-state index contributed by atoms with van der Waals surface area (Å²) < 4.78 is 21.7. The minimum atomic E-state index is -0.510. The molecule has 150 valence electrons. The molecule has 1 aromatic carbocycles. The minimum absolute atomic E-state index is 0.00401. The highest BCUT2D eigenvalue weighted by Gasteiger charge is 2.28. The Labute approximate surface area is 160 Å². The number of benzene rings is 1. The highest BCUT2D eigenvalue weighted by molar-refractivity contribution is 5.91. The molecular weight excluding hydrogens is 350 g/mol. The quantitative estimate of drug-likeness (QED) is 0.572. The second kappa shape index (κ2) is 11.6. The molecule has 0 saturated heterocycles. The molecule has 27 heavy (non-hydrogen) atoms. The maximum Gasteiger partial charge on any atom is 0.286 e. The largest absolute Gasteiger partial charge is 0.497 e. The first-order chi connectivity index (χ1) is 13.2. The predicted molar refractivity (Wildman–Crippen MR) is 100 cm³/mol. The summed E-state index contributed by atoms with van der Waals surface area (Å²) in [6, 6.07) is 7.76. The lowest BCUT2D eigenvalue weighted by atomic mass is 9.93. The van der Waals surface area contributed by atoms with Gasteiger partial charge in [-0.25, -0.2) is 0 Å². The molecule has 2 rings (SSSR count). The van der Waals surface area contributed by atoms with Crippen molar-refractivity contribution in [3.05, 3.63) is 41.7 Å². The van der Waals surface area contributed by atoms with Gasteiger partial charge in [-0.2, -0.15) is 0 Å². The van der Waals surface area contributed by atoms with Gasteiger partial charge in [0.15, 0.2) is 5.76 Å². The number of methoxy groups -OCH3 is 2. The molecule has 1 amide bonds. The van der Waals surface area contributed by atoms with E-state index in [2.05, 4.69) is 5.32 Å². The van der Waals surface area contributed by atoms with E-state index in [0.717, 1.165) is 17.7 Å². The molecule has 2 N–H and O–H groups in total. The fraction of sp³-hybridized carbons (Fsp3) is 0.550. The fourth-order valence-corrected chi connectivity index (χ4v) is 2.78. The van der Waals surface area contributed by atoms with Crippen LogP contribution in [0.4, 0.5) is 0 Å². The molecule has 0 bridgehead atoms. The summed E-state index contributed by atoms with van der Waals surface area (Å²) in [6.45, 7) is 1.45. The first-order valence-corrected chi connectivity index (χ1v) is 9.20. The Balaban J connectivity index is 2.08. The van der Waals surface area contributed by atoms with Crippen LogP contribution in [0.2, 0.25) is 0 Å². The van der Waals surface area contributed by atoms with Crippen molar-refractivity contribution >= 4 is 5.91 Å². The van der Waals surface area contributed by atoms with Crippen molar-refractivity contribution in [2.45, 2.75) is 31.5 Å². The van der Waals surface area contributed by atoms with Crippen LogP contribution >= 0.6 is 0 Å². The highest BCUT2D eigenvalue weighted by atomic mass is 16.7. The predicted octanol–water partition coefficient (Wildman–Crippen LogP) is 1.96. The molecule has 1 aliphatic heterocycles. The lowest BCUT2D eigenvalue weighted by molar-refractivity contribution is -0.146. The summed E-state index contributed by atoms with van der Waals surface area (Å²) in [6.07, 6.45) is 3.35. The van der Waals surface area contributed by atoms with Crippen LogP contribution in [0.5, 0.6) is 5.75 Å².